The van der Waals surface area contributed by atoms with Crippen molar-refractivity contribution in [3.05, 3.63) is 58.0 Å². The molecule has 1 aliphatic rings. The van der Waals surface area contributed by atoms with Gasteiger partial charge in [-0.25, -0.2) is 4.79 Å². The minimum Gasteiger partial charge on any atom is -0.466 e. The number of furan rings is 1. The smallest absolute Gasteiger partial charge is 0.317 e. The Bertz CT molecular complexity index is 894. The highest BCUT2D eigenvalue weighted by molar-refractivity contribution is 6.30. The van der Waals surface area contributed by atoms with Gasteiger partial charge in [-0.15, -0.1) is 0 Å². The highest BCUT2D eigenvalue weighted by Crippen LogP contribution is 2.26. The number of likely N-dealkylation sites (tertiary alicyclic amines) is 1. The first-order valence-electron chi connectivity index (χ1n) is 10.4. The number of rotatable bonds is 6. The van der Waals surface area contributed by atoms with E-state index in [2.05, 4.69) is 5.32 Å². The van der Waals surface area contributed by atoms with Gasteiger partial charge in [-0.2, -0.15) is 0 Å². The summed E-state index contributed by atoms with van der Waals surface area (Å²) < 4.78 is 5.52. The summed E-state index contributed by atoms with van der Waals surface area (Å²) in [6.07, 6.45) is 1.74. The highest BCUT2D eigenvalue weighted by Gasteiger charge is 2.36. The quantitative estimate of drug-likeness (QED) is 0.731. The summed E-state index contributed by atoms with van der Waals surface area (Å²) in [5.74, 6) is 1.42. The largest absolute Gasteiger partial charge is 0.466 e. The highest BCUT2D eigenvalue weighted by atomic mass is 35.5. The number of nitrogens with one attached hydrogen (secondary N) is 1. The number of amides is 3. The van der Waals surface area contributed by atoms with Crippen LogP contribution in [-0.2, 0) is 17.9 Å². The number of hydrogen-bond acceptors (Lipinski definition) is 3. The van der Waals surface area contributed by atoms with Crippen molar-refractivity contribution in [1.82, 2.24) is 15.1 Å². The van der Waals surface area contributed by atoms with Crippen molar-refractivity contribution < 1.29 is 14.0 Å². The average Bonchev–Trinajstić information content (AvgIpc) is 3.32. The van der Waals surface area contributed by atoms with Crippen molar-refractivity contribution >= 4 is 23.5 Å². The molecular formula is C23H30ClN3O3. The molecule has 2 aromatic rings. The molecule has 0 radical (unpaired) electrons. The van der Waals surface area contributed by atoms with Crippen LogP contribution in [0.4, 0.5) is 4.79 Å². The standard InChI is InChI=1S/C23H30ClN3O3/c1-15-12-19(17(3)30-15)13-25-23(29)27-11-5-6-21(27)16(2)22(28)26(4)14-18-7-9-20(24)10-8-18/h7-10,12,16,21H,5-6,11,13-14H2,1-4H3,(H,25,29)/t16-,21?/m1/s1. The van der Waals surface area contributed by atoms with Crippen molar-refractivity contribution in [1.29, 1.82) is 0 Å². The molecule has 2 atom stereocenters. The van der Waals surface area contributed by atoms with Gasteiger partial charge in [0.15, 0.2) is 0 Å². The monoisotopic (exact) mass is 431 g/mol. The molecule has 0 bridgehead atoms. The number of urea groups is 1. The Hall–Kier alpha value is -2.47. The van der Waals surface area contributed by atoms with Gasteiger partial charge in [0.2, 0.25) is 5.91 Å². The first-order chi connectivity index (χ1) is 14.3. The van der Waals surface area contributed by atoms with Gasteiger partial charge in [0, 0.05) is 43.3 Å². The fourth-order valence-corrected chi connectivity index (χ4v) is 4.28. The molecule has 1 saturated heterocycles. The number of nitrogens with zero attached hydrogens (tertiary/aromatic N) is 2. The predicted octanol–water partition coefficient (Wildman–Crippen LogP) is 4.52. The summed E-state index contributed by atoms with van der Waals surface area (Å²) in [4.78, 5) is 29.4. The summed E-state index contributed by atoms with van der Waals surface area (Å²) in [5, 5.41) is 3.66. The molecule has 1 aromatic heterocycles. The van der Waals surface area contributed by atoms with Crippen LogP contribution in [-0.4, -0.2) is 41.4 Å². The second-order valence-electron chi connectivity index (χ2n) is 8.11. The van der Waals surface area contributed by atoms with Gasteiger partial charge in [-0.05, 0) is 50.5 Å². The van der Waals surface area contributed by atoms with Crippen LogP contribution in [0.1, 0.15) is 42.4 Å². The molecule has 30 heavy (non-hydrogen) atoms. The SMILES string of the molecule is Cc1cc(CNC(=O)N2CCCC2[C@@H](C)C(=O)N(C)Cc2ccc(Cl)cc2)c(C)o1. The van der Waals surface area contributed by atoms with Gasteiger partial charge in [0.1, 0.15) is 11.5 Å². The van der Waals surface area contributed by atoms with E-state index in [-0.39, 0.29) is 23.9 Å². The molecule has 3 amide bonds. The van der Waals surface area contributed by atoms with Gasteiger partial charge in [-0.3, -0.25) is 4.79 Å². The summed E-state index contributed by atoms with van der Waals surface area (Å²) >= 11 is 5.94. The minimum absolute atomic E-state index is 0.0379. The Balaban J connectivity index is 1.58. The molecule has 2 heterocycles. The molecule has 1 aliphatic heterocycles. The minimum atomic E-state index is -0.270. The van der Waals surface area contributed by atoms with E-state index in [1.165, 1.54) is 0 Å². The maximum absolute atomic E-state index is 13.0. The van der Waals surface area contributed by atoms with Gasteiger partial charge in [0.05, 0.1) is 5.92 Å². The number of carbonyl (C=O) groups excluding carboxylic acids is 2. The molecule has 1 aromatic carbocycles. The molecular weight excluding hydrogens is 402 g/mol. The Morgan fingerprint density at radius 2 is 2.00 bits per heavy atom. The van der Waals surface area contributed by atoms with Crippen LogP contribution in [0.5, 0.6) is 0 Å². The Labute approximate surface area is 183 Å². The maximum Gasteiger partial charge on any atom is 0.317 e. The summed E-state index contributed by atoms with van der Waals surface area (Å²) in [6, 6.07) is 9.20. The van der Waals surface area contributed by atoms with Crippen LogP contribution in [0.25, 0.3) is 0 Å². The Kier molecular flexibility index (Phi) is 7.08. The maximum atomic E-state index is 13.0. The van der Waals surface area contributed by atoms with Gasteiger partial charge >= 0.3 is 6.03 Å². The third kappa shape index (κ3) is 5.17. The number of hydrogen-bond donors (Lipinski definition) is 1. The summed E-state index contributed by atoms with van der Waals surface area (Å²) in [6.45, 7) is 7.30. The number of carbonyl (C=O) groups is 2. The molecule has 0 spiro atoms. The van der Waals surface area contributed by atoms with E-state index < -0.39 is 0 Å². The molecule has 0 aliphatic carbocycles. The van der Waals surface area contributed by atoms with E-state index in [9.17, 15) is 9.59 Å². The van der Waals surface area contributed by atoms with Crippen molar-refractivity contribution in [2.75, 3.05) is 13.6 Å². The fourth-order valence-electron chi connectivity index (χ4n) is 4.15. The van der Waals surface area contributed by atoms with Crippen molar-refractivity contribution in [2.45, 2.75) is 52.7 Å². The van der Waals surface area contributed by atoms with Gasteiger partial charge in [0.25, 0.3) is 0 Å². The molecule has 6 nitrogen and oxygen atoms in total. The zero-order valence-electron chi connectivity index (χ0n) is 18.1. The molecule has 3 rings (SSSR count). The van der Waals surface area contributed by atoms with E-state index in [0.29, 0.717) is 24.7 Å². The molecule has 1 fully saturated rings. The van der Waals surface area contributed by atoms with E-state index in [0.717, 1.165) is 35.5 Å². The van der Waals surface area contributed by atoms with Gasteiger partial charge in [-0.1, -0.05) is 30.7 Å². The predicted molar refractivity (Wildman–Crippen MR) is 117 cm³/mol. The molecule has 1 unspecified atom stereocenters. The van der Waals surface area contributed by atoms with Crippen LogP contribution in [0.3, 0.4) is 0 Å². The number of halogens is 1. The van der Waals surface area contributed by atoms with Crippen LogP contribution in [0.2, 0.25) is 5.02 Å². The third-order valence-electron chi connectivity index (χ3n) is 5.81. The summed E-state index contributed by atoms with van der Waals surface area (Å²) in [7, 11) is 1.80. The molecule has 1 N–H and O–H groups in total. The average molecular weight is 432 g/mol. The first kappa shape index (κ1) is 22.2. The van der Waals surface area contributed by atoms with Crippen LogP contribution in [0.15, 0.2) is 34.7 Å². The Morgan fingerprint density at radius 1 is 1.30 bits per heavy atom. The van der Waals surface area contributed by atoms with Crippen molar-refractivity contribution in [3.8, 4) is 0 Å². The topological polar surface area (TPSA) is 65.8 Å². The first-order valence-corrected chi connectivity index (χ1v) is 10.7. The number of benzene rings is 1. The zero-order valence-corrected chi connectivity index (χ0v) is 18.8. The molecule has 0 saturated carbocycles. The third-order valence-corrected chi connectivity index (χ3v) is 6.06. The second-order valence-corrected chi connectivity index (χ2v) is 8.55. The number of aryl methyl sites for hydroxylation is 2. The summed E-state index contributed by atoms with van der Waals surface area (Å²) in [5.41, 5.74) is 2.00. The van der Waals surface area contributed by atoms with Crippen LogP contribution in [0, 0.1) is 19.8 Å². The second kappa shape index (κ2) is 9.56. The molecule has 7 heteroatoms. The normalized spacial score (nSPS) is 17.1. The van der Waals surface area contributed by atoms with E-state index >= 15 is 0 Å². The van der Waals surface area contributed by atoms with Crippen molar-refractivity contribution in [3.63, 3.8) is 0 Å². The lowest BCUT2D eigenvalue weighted by Gasteiger charge is -2.31. The lowest BCUT2D eigenvalue weighted by molar-refractivity contribution is -0.135. The van der Waals surface area contributed by atoms with Crippen LogP contribution >= 0.6 is 11.6 Å². The van der Waals surface area contributed by atoms with Crippen LogP contribution < -0.4 is 5.32 Å². The Morgan fingerprint density at radius 3 is 2.63 bits per heavy atom. The zero-order chi connectivity index (χ0) is 21.8. The lowest BCUT2D eigenvalue weighted by atomic mass is 9.98. The fraction of sp³-hybridized carbons (Fsp3) is 0.478. The van der Waals surface area contributed by atoms with E-state index in [4.69, 9.17) is 16.0 Å². The van der Waals surface area contributed by atoms with E-state index in [1.807, 2.05) is 51.1 Å². The van der Waals surface area contributed by atoms with Gasteiger partial charge < -0.3 is 19.5 Å². The van der Waals surface area contributed by atoms with Crippen molar-refractivity contribution in [2.24, 2.45) is 5.92 Å². The lowest BCUT2D eigenvalue weighted by Crippen LogP contribution is -2.48. The van der Waals surface area contributed by atoms with E-state index in [1.54, 1.807) is 16.8 Å². The molecule has 162 valence electrons.